The summed E-state index contributed by atoms with van der Waals surface area (Å²) < 4.78 is 26.7. The average Bonchev–Trinajstić information content (AvgIpc) is 3.79. The van der Waals surface area contributed by atoms with Gasteiger partial charge in [-0.15, -0.1) is 0 Å². The summed E-state index contributed by atoms with van der Waals surface area (Å²) in [4.78, 5) is 0. The van der Waals surface area contributed by atoms with Gasteiger partial charge in [0, 0.05) is 62.6 Å². The Morgan fingerprint density at radius 1 is 0.604 bits per heavy atom. The van der Waals surface area contributed by atoms with E-state index >= 15 is 0 Å². The molecule has 4 heterocycles. The Hall–Kier alpha value is -6.00. The molecule has 0 radical (unpaired) electrons. The molecule has 53 heavy (non-hydrogen) atoms. The number of allylic oxidation sites excluding steroid dienone is 7. The van der Waals surface area contributed by atoms with Crippen LogP contribution in [0.15, 0.2) is 135 Å². The van der Waals surface area contributed by atoms with Crippen molar-refractivity contribution in [3.63, 3.8) is 0 Å². The predicted molar refractivity (Wildman–Crippen MR) is 209 cm³/mol. The minimum absolute atomic E-state index is 0.147. The summed E-state index contributed by atoms with van der Waals surface area (Å²) >= 11 is 0. The van der Waals surface area contributed by atoms with Gasteiger partial charge in [0.25, 0.3) is 0 Å². The summed E-state index contributed by atoms with van der Waals surface area (Å²) in [5.74, 6) is 7.06. The number of hydrogen-bond donors (Lipinski definition) is 0. The van der Waals surface area contributed by atoms with Crippen molar-refractivity contribution in [2.24, 2.45) is 0 Å². The summed E-state index contributed by atoms with van der Waals surface area (Å²) in [6.07, 6.45) is 23.7. The molecular formula is C49H36O4. The van der Waals surface area contributed by atoms with Gasteiger partial charge >= 0.3 is 0 Å². The highest BCUT2D eigenvalue weighted by molar-refractivity contribution is 5.89. The standard InChI is InChI=1S/C49H36O4/c1-5-17-39-33(11-1)47-31(13-9-21-43(47)50-39)29-23-25-37-45(27-29)52-41-19-7-3-15-35(41)49(37)36-16-4-8-20-42(36)53-46-28-30(24-26-38(46)49)32-14-10-22-44-48(32)34-12-2-6-18-40(34)51-44/h3-10,13,15-26,28-29,32H,1-2,11-12,14,27H2. The number of ether oxygens (including phenoxy) is 2. The molecule has 3 atom stereocenters. The molecule has 0 amide bonds. The van der Waals surface area contributed by atoms with Crippen molar-refractivity contribution >= 4 is 29.2 Å². The SMILES string of the molecule is C1=Cc2oc3c(c2CC1)C(c1ccc2c(c1)Oc1ccccc1C21C2=C(CC(c4cccc5oc6c(c45)CCC=C6)C=C2)Oc2ccccc21)CC=C3. The number of fused-ring (bicyclic) bond motifs is 13. The molecule has 256 valence electrons. The van der Waals surface area contributed by atoms with Gasteiger partial charge < -0.3 is 18.3 Å². The topological polar surface area (TPSA) is 44.7 Å². The van der Waals surface area contributed by atoms with Crippen LogP contribution in [0.1, 0.15) is 99.3 Å². The Bertz CT molecular complexity index is 2710. The predicted octanol–water partition coefficient (Wildman–Crippen LogP) is 12.3. The van der Waals surface area contributed by atoms with Crippen molar-refractivity contribution < 1.29 is 18.3 Å². The van der Waals surface area contributed by atoms with E-state index < -0.39 is 5.41 Å². The lowest BCUT2D eigenvalue weighted by atomic mass is 9.60. The first-order valence-corrected chi connectivity index (χ1v) is 19.1. The molecule has 0 saturated carbocycles. The molecule has 3 unspecified atom stereocenters. The fourth-order valence-electron chi connectivity index (χ4n) is 10.3. The molecule has 4 aliphatic carbocycles. The lowest BCUT2D eigenvalue weighted by Crippen LogP contribution is -2.39. The lowest BCUT2D eigenvalue weighted by molar-refractivity contribution is 0.345. The maximum atomic E-state index is 6.98. The molecule has 2 aliphatic heterocycles. The van der Waals surface area contributed by atoms with Gasteiger partial charge in [0.1, 0.15) is 45.9 Å². The summed E-state index contributed by atoms with van der Waals surface area (Å²) in [6.45, 7) is 0. The molecule has 0 fully saturated rings. The molecular weight excluding hydrogens is 653 g/mol. The van der Waals surface area contributed by atoms with Gasteiger partial charge in [-0.3, -0.25) is 0 Å². The monoisotopic (exact) mass is 688 g/mol. The first-order chi connectivity index (χ1) is 26.3. The molecule has 1 spiro atoms. The molecule has 0 saturated heterocycles. The van der Waals surface area contributed by atoms with Crippen molar-refractivity contribution in [3.8, 4) is 17.2 Å². The van der Waals surface area contributed by atoms with Crippen molar-refractivity contribution in [3.05, 3.63) is 188 Å². The van der Waals surface area contributed by atoms with Crippen LogP contribution in [0.4, 0.5) is 0 Å². The van der Waals surface area contributed by atoms with E-state index in [9.17, 15) is 0 Å². The third kappa shape index (κ3) is 4.07. The van der Waals surface area contributed by atoms with Crippen molar-refractivity contribution in [1.82, 2.24) is 0 Å². The molecule has 6 aromatic rings. The first-order valence-electron chi connectivity index (χ1n) is 19.1. The van der Waals surface area contributed by atoms with Crippen LogP contribution < -0.4 is 9.47 Å². The van der Waals surface area contributed by atoms with E-state index in [1.54, 1.807) is 0 Å². The van der Waals surface area contributed by atoms with Gasteiger partial charge in [-0.05, 0) is 85.7 Å². The van der Waals surface area contributed by atoms with Gasteiger partial charge in [-0.1, -0.05) is 91.0 Å². The van der Waals surface area contributed by atoms with Crippen molar-refractivity contribution in [2.75, 3.05) is 0 Å². The Morgan fingerprint density at radius 3 is 2.19 bits per heavy atom. The normalized spacial score (nSPS) is 22.6. The molecule has 12 rings (SSSR count). The smallest absolute Gasteiger partial charge is 0.135 e. The van der Waals surface area contributed by atoms with Crippen molar-refractivity contribution in [2.45, 2.75) is 55.8 Å². The second kappa shape index (κ2) is 11.0. The quantitative estimate of drug-likeness (QED) is 0.182. The van der Waals surface area contributed by atoms with E-state index in [-0.39, 0.29) is 11.8 Å². The number of furan rings is 2. The van der Waals surface area contributed by atoms with Gasteiger partial charge in [0.15, 0.2) is 0 Å². The molecule has 4 nitrogen and oxygen atoms in total. The van der Waals surface area contributed by atoms with E-state index in [0.717, 1.165) is 101 Å². The van der Waals surface area contributed by atoms with Crippen LogP contribution in [0.2, 0.25) is 0 Å². The zero-order valence-electron chi connectivity index (χ0n) is 29.2. The summed E-state index contributed by atoms with van der Waals surface area (Å²) in [5, 5.41) is 1.27. The molecule has 0 bridgehead atoms. The summed E-state index contributed by atoms with van der Waals surface area (Å²) in [5.41, 5.74) is 11.5. The fourth-order valence-corrected chi connectivity index (χ4v) is 10.3. The number of rotatable bonds is 2. The minimum atomic E-state index is -0.614. The van der Waals surface area contributed by atoms with Crippen LogP contribution in [0.25, 0.3) is 29.2 Å². The van der Waals surface area contributed by atoms with E-state index in [1.807, 2.05) is 0 Å². The Balaban J connectivity index is 1.04. The van der Waals surface area contributed by atoms with Gasteiger partial charge in [0.05, 0.1) is 5.41 Å². The molecule has 0 N–H and O–H groups in total. The van der Waals surface area contributed by atoms with Crippen LogP contribution in [-0.2, 0) is 18.3 Å². The maximum absolute atomic E-state index is 6.98. The second-order valence-corrected chi connectivity index (χ2v) is 15.2. The van der Waals surface area contributed by atoms with Crippen LogP contribution in [0.5, 0.6) is 17.2 Å². The highest BCUT2D eigenvalue weighted by Gasteiger charge is 2.52. The van der Waals surface area contributed by atoms with Crippen LogP contribution in [0.3, 0.4) is 0 Å². The highest BCUT2D eigenvalue weighted by atomic mass is 16.5. The zero-order chi connectivity index (χ0) is 34.7. The number of para-hydroxylation sites is 2. The average molecular weight is 689 g/mol. The second-order valence-electron chi connectivity index (χ2n) is 15.2. The molecule has 2 aromatic heterocycles. The first kappa shape index (κ1) is 29.6. The Labute approximate surface area is 308 Å². The third-order valence-electron chi connectivity index (χ3n) is 12.5. The third-order valence-corrected chi connectivity index (χ3v) is 12.5. The zero-order valence-corrected chi connectivity index (χ0v) is 29.2. The molecule has 4 aromatic carbocycles. The van der Waals surface area contributed by atoms with E-state index in [0.29, 0.717) is 0 Å². The van der Waals surface area contributed by atoms with Gasteiger partial charge in [-0.25, -0.2) is 0 Å². The van der Waals surface area contributed by atoms with Crippen LogP contribution in [-0.4, -0.2) is 0 Å². The van der Waals surface area contributed by atoms with E-state index in [4.69, 9.17) is 18.3 Å². The fraction of sp³-hybridized carbons (Fsp3) is 0.184. The van der Waals surface area contributed by atoms with Crippen LogP contribution >= 0.6 is 0 Å². The summed E-state index contributed by atoms with van der Waals surface area (Å²) in [6, 6.07) is 30.7. The van der Waals surface area contributed by atoms with Crippen molar-refractivity contribution in [1.29, 1.82) is 0 Å². The van der Waals surface area contributed by atoms with E-state index in [2.05, 4.69) is 134 Å². The molecule has 4 heteroatoms. The number of aryl methyl sites for hydroxylation is 1. The summed E-state index contributed by atoms with van der Waals surface area (Å²) in [7, 11) is 0. The Kier molecular flexibility index (Phi) is 6.14. The number of hydrogen-bond acceptors (Lipinski definition) is 4. The van der Waals surface area contributed by atoms with Crippen LogP contribution in [0, 0.1) is 0 Å². The molecule has 6 aliphatic rings. The lowest BCUT2D eigenvalue weighted by Gasteiger charge is -2.46. The highest BCUT2D eigenvalue weighted by Crippen LogP contribution is 2.62. The maximum Gasteiger partial charge on any atom is 0.135 e. The van der Waals surface area contributed by atoms with Gasteiger partial charge in [-0.2, -0.15) is 0 Å². The Morgan fingerprint density at radius 2 is 1.34 bits per heavy atom. The minimum Gasteiger partial charge on any atom is -0.461 e. The number of benzene rings is 4. The van der Waals surface area contributed by atoms with E-state index in [1.165, 1.54) is 38.8 Å². The largest absolute Gasteiger partial charge is 0.461 e. The van der Waals surface area contributed by atoms with Gasteiger partial charge in [0.2, 0.25) is 0 Å².